The number of rotatable bonds is 4. The van der Waals surface area contributed by atoms with Gasteiger partial charge < -0.3 is 9.80 Å². The summed E-state index contributed by atoms with van der Waals surface area (Å²) in [4.78, 5) is 32.3. The van der Waals surface area contributed by atoms with Crippen molar-refractivity contribution in [2.75, 3.05) is 32.7 Å². The maximum absolute atomic E-state index is 13.3. The summed E-state index contributed by atoms with van der Waals surface area (Å²) in [6.45, 7) is 4.75. The van der Waals surface area contributed by atoms with Crippen molar-refractivity contribution in [3.63, 3.8) is 0 Å². The first-order chi connectivity index (χ1) is 15.7. The lowest BCUT2D eigenvalue weighted by Crippen LogP contribution is -2.47. The molecule has 2 amide bonds. The van der Waals surface area contributed by atoms with E-state index in [4.69, 9.17) is 0 Å². The minimum absolute atomic E-state index is 0.127. The van der Waals surface area contributed by atoms with Crippen molar-refractivity contribution in [3.8, 4) is 11.1 Å². The predicted molar refractivity (Wildman–Crippen MR) is 125 cm³/mol. The highest BCUT2D eigenvalue weighted by atomic mass is 16.2. The van der Waals surface area contributed by atoms with Crippen LogP contribution in [0.25, 0.3) is 11.1 Å². The second-order valence-corrected chi connectivity index (χ2v) is 9.87. The van der Waals surface area contributed by atoms with E-state index in [0.29, 0.717) is 6.04 Å². The van der Waals surface area contributed by atoms with Crippen LogP contribution in [0.5, 0.6) is 0 Å². The minimum atomic E-state index is 0.127. The van der Waals surface area contributed by atoms with E-state index in [-0.39, 0.29) is 11.8 Å². The van der Waals surface area contributed by atoms with Crippen LogP contribution in [0.2, 0.25) is 0 Å². The SMILES string of the molecule is O=C(c1ccc(-c2ccc3c(c2)CCN(C2CCN(C4CCC4)C2)C3=O)cc1)N1CCC1. The summed E-state index contributed by atoms with van der Waals surface area (Å²) >= 11 is 0. The van der Waals surface area contributed by atoms with Crippen molar-refractivity contribution in [1.29, 1.82) is 0 Å². The molecular formula is C27H31N3O2. The molecule has 6 rings (SSSR count). The van der Waals surface area contributed by atoms with Gasteiger partial charge in [0.05, 0.1) is 0 Å². The fourth-order valence-corrected chi connectivity index (χ4v) is 5.65. The maximum Gasteiger partial charge on any atom is 0.254 e. The number of amides is 2. The van der Waals surface area contributed by atoms with Gasteiger partial charge in [-0.3, -0.25) is 14.5 Å². The largest absolute Gasteiger partial charge is 0.339 e. The Balaban J connectivity index is 1.16. The highest BCUT2D eigenvalue weighted by molar-refractivity contribution is 5.98. The summed E-state index contributed by atoms with van der Waals surface area (Å²) < 4.78 is 0. The van der Waals surface area contributed by atoms with Gasteiger partial charge in [0, 0.05) is 55.9 Å². The Bertz CT molecular complexity index is 1040. The van der Waals surface area contributed by atoms with E-state index in [1.165, 1.54) is 19.3 Å². The normalized spacial score (nSPS) is 23.6. The van der Waals surface area contributed by atoms with Gasteiger partial charge in [-0.25, -0.2) is 0 Å². The molecule has 2 saturated heterocycles. The maximum atomic E-state index is 13.3. The molecule has 3 heterocycles. The van der Waals surface area contributed by atoms with Gasteiger partial charge in [-0.05, 0) is 67.0 Å². The summed E-state index contributed by atoms with van der Waals surface area (Å²) in [5.74, 6) is 0.329. The molecule has 2 aromatic carbocycles. The number of fused-ring (bicyclic) bond motifs is 1. The molecule has 32 heavy (non-hydrogen) atoms. The van der Waals surface area contributed by atoms with E-state index in [2.05, 4.69) is 21.9 Å². The number of carbonyl (C=O) groups is 2. The average Bonchev–Trinajstić information content (AvgIpc) is 3.20. The zero-order chi connectivity index (χ0) is 21.7. The molecule has 0 spiro atoms. The van der Waals surface area contributed by atoms with E-state index in [0.717, 1.165) is 85.8 Å². The third-order valence-electron chi connectivity index (χ3n) is 8.05. The fraction of sp³-hybridized carbons (Fsp3) is 0.481. The lowest BCUT2D eigenvalue weighted by molar-refractivity contribution is 0.0641. The smallest absolute Gasteiger partial charge is 0.254 e. The van der Waals surface area contributed by atoms with Gasteiger partial charge in [-0.15, -0.1) is 0 Å². The molecule has 1 aliphatic carbocycles. The molecular weight excluding hydrogens is 398 g/mol. The van der Waals surface area contributed by atoms with Gasteiger partial charge in [0.1, 0.15) is 0 Å². The van der Waals surface area contributed by atoms with Crippen molar-refractivity contribution >= 4 is 11.8 Å². The van der Waals surface area contributed by atoms with Crippen LogP contribution in [0.4, 0.5) is 0 Å². The van der Waals surface area contributed by atoms with Crippen LogP contribution in [0, 0.1) is 0 Å². The first-order valence-corrected chi connectivity index (χ1v) is 12.2. The van der Waals surface area contributed by atoms with Gasteiger partial charge in [0.25, 0.3) is 11.8 Å². The van der Waals surface area contributed by atoms with Crippen LogP contribution in [0.15, 0.2) is 42.5 Å². The molecule has 1 unspecified atom stereocenters. The Hall–Kier alpha value is -2.66. The molecule has 1 saturated carbocycles. The summed E-state index contributed by atoms with van der Waals surface area (Å²) in [5, 5.41) is 0. The molecule has 3 fully saturated rings. The highest BCUT2D eigenvalue weighted by Gasteiger charge is 2.37. The zero-order valence-electron chi connectivity index (χ0n) is 18.6. The first kappa shape index (κ1) is 20.0. The molecule has 1 atom stereocenters. The van der Waals surface area contributed by atoms with Gasteiger partial charge in [-0.2, -0.15) is 0 Å². The molecule has 0 aromatic heterocycles. The molecule has 0 radical (unpaired) electrons. The fourth-order valence-electron chi connectivity index (χ4n) is 5.65. The second kappa shape index (κ2) is 8.04. The van der Waals surface area contributed by atoms with Crippen LogP contribution in [-0.4, -0.2) is 71.3 Å². The number of likely N-dealkylation sites (tertiary alicyclic amines) is 2. The summed E-state index contributed by atoms with van der Waals surface area (Å²) in [6, 6.07) is 15.3. The van der Waals surface area contributed by atoms with E-state index < -0.39 is 0 Å². The number of hydrogen-bond acceptors (Lipinski definition) is 3. The Morgan fingerprint density at radius 3 is 2.28 bits per heavy atom. The van der Waals surface area contributed by atoms with Crippen LogP contribution < -0.4 is 0 Å². The molecule has 3 aliphatic heterocycles. The van der Waals surface area contributed by atoms with Crippen LogP contribution >= 0.6 is 0 Å². The lowest BCUT2D eigenvalue weighted by atomic mass is 9.92. The number of hydrogen-bond donors (Lipinski definition) is 0. The monoisotopic (exact) mass is 429 g/mol. The minimum Gasteiger partial charge on any atom is -0.339 e. The quantitative estimate of drug-likeness (QED) is 0.742. The summed E-state index contributed by atoms with van der Waals surface area (Å²) in [6.07, 6.45) is 7.16. The molecule has 5 heteroatoms. The van der Waals surface area contributed by atoms with Crippen molar-refractivity contribution < 1.29 is 9.59 Å². The van der Waals surface area contributed by atoms with E-state index in [1.807, 2.05) is 35.2 Å². The van der Waals surface area contributed by atoms with Crippen LogP contribution in [0.1, 0.15) is 58.4 Å². The second-order valence-electron chi connectivity index (χ2n) is 9.87. The molecule has 4 aliphatic rings. The Labute approximate surface area is 190 Å². The molecule has 5 nitrogen and oxygen atoms in total. The van der Waals surface area contributed by atoms with Gasteiger partial charge in [0.15, 0.2) is 0 Å². The van der Waals surface area contributed by atoms with E-state index >= 15 is 0 Å². The Kier molecular flexibility index (Phi) is 5.02. The van der Waals surface area contributed by atoms with Crippen LogP contribution in [-0.2, 0) is 6.42 Å². The third kappa shape index (κ3) is 3.43. The first-order valence-electron chi connectivity index (χ1n) is 12.2. The van der Waals surface area contributed by atoms with E-state index in [1.54, 1.807) is 0 Å². The number of carbonyl (C=O) groups excluding carboxylic acids is 2. The zero-order valence-corrected chi connectivity index (χ0v) is 18.6. The Morgan fingerprint density at radius 1 is 0.812 bits per heavy atom. The number of benzene rings is 2. The Morgan fingerprint density at radius 2 is 1.59 bits per heavy atom. The molecule has 0 bridgehead atoms. The van der Waals surface area contributed by atoms with Crippen molar-refractivity contribution in [3.05, 3.63) is 59.2 Å². The lowest BCUT2D eigenvalue weighted by Gasteiger charge is -2.37. The summed E-state index contributed by atoms with van der Waals surface area (Å²) in [5.41, 5.74) is 4.98. The standard InChI is InChI=1S/C27H31N3O2/c31-26(28-13-2-14-28)20-7-5-19(6-8-20)21-9-10-25-22(17-21)11-16-30(27(25)32)24-12-15-29(18-24)23-3-1-4-23/h5-10,17,23-24H,1-4,11-16,18H2. The topological polar surface area (TPSA) is 43.9 Å². The number of nitrogens with zero attached hydrogens (tertiary/aromatic N) is 3. The molecule has 0 N–H and O–H groups in total. The van der Waals surface area contributed by atoms with Crippen molar-refractivity contribution in [2.24, 2.45) is 0 Å². The highest BCUT2D eigenvalue weighted by Crippen LogP contribution is 2.32. The molecule has 2 aromatic rings. The third-order valence-corrected chi connectivity index (χ3v) is 8.05. The molecule has 166 valence electrons. The predicted octanol–water partition coefficient (Wildman–Crippen LogP) is 3.82. The van der Waals surface area contributed by atoms with Gasteiger partial charge in [0.2, 0.25) is 0 Å². The summed E-state index contributed by atoms with van der Waals surface area (Å²) in [7, 11) is 0. The van der Waals surface area contributed by atoms with Gasteiger partial charge >= 0.3 is 0 Å². The van der Waals surface area contributed by atoms with Gasteiger partial charge in [-0.1, -0.05) is 30.7 Å². The van der Waals surface area contributed by atoms with Crippen LogP contribution in [0.3, 0.4) is 0 Å². The average molecular weight is 430 g/mol. The van der Waals surface area contributed by atoms with E-state index in [9.17, 15) is 9.59 Å². The van der Waals surface area contributed by atoms with Crippen molar-refractivity contribution in [2.45, 2.75) is 50.6 Å². The van der Waals surface area contributed by atoms with Crippen molar-refractivity contribution in [1.82, 2.24) is 14.7 Å².